The Balaban J connectivity index is 0.000000192. The molecule has 118 valence electrons. The molecule has 0 spiro atoms. The molecule has 3 rings (SSSR count). The van der Waals surface area contributed by atoms with E-state index in [2.05, 4.69) is 14.9 Å². The maximum absolute atomic E-state index is 9.55. The number of nitrogens with zero attached hydrogens (tertiary/aromatic N) is 3. The first-order chi connectivity index (χ1) is 10.5. The Bertz CT molecular complexity index is 547. The van der Waals surface area contributed by atoms with Gasteiger partial charge in [0.05, 0.1) is 18.1 Å². The number of nitrogens with two attached hydrogens (primary N) is 1. The molecule has 8 heteroatoms. The number of carbonyl (C=O) groups is 2. The third-order valence-electron chi connectivity index (χ3n) is 3.70. The quantitative estimate of drug-likeness (QED) is 0.668. The average Bonchev–Trinajstić information content (AvgIpc) is 3.17. The highest BCUT2D eigenvalue weighted by Gasteiger charge is 2.51. The molecule has 0 amide bonds. The fourth-order valence-corrected chi connectivity index (χ4v) is 2.74. The Labute approximate surface area is 127 Å². The van der Waals surface area contributed by atoms with Crippen molar-refractivity contribution in [2.45, 2.75) is 24.9 Å². The van der Waals surface area contributed by atoms with Crippen LogP contribution in [0.4, 0.5) is 5.69 Å². The van der Waals surface area contributed by atoms with Gasteiger partial charge >= 0.3 is 11.9 Å². The number of aromatic nitrogens is 2. The van der Waals surface area contributed by atoms with Crippen molar-refractivity contribution in [1.29, 1.82) is 0 Å². The molecule has 0 aromatic carbocycles. The van der Waals surface area contributed by atoms with Crippen LogP contribution in [0, 0.1) is 5.92 Å². The summed E-state index contributed by atoms with van der Waals surface area (Å²) in [6.07, 6.45) is 9.03. The molecule has 1 saturated heterocycles. The van der Waals surface area contributed by atoms with E-state index >= 15 is 0 Å². The van der Waals surface area contributed by atoms with Gasteiger partial charge in [-0.25, -0.2) is 19.6 Å². The second-order valence-corrected chi connectivity index (χ2v) is 5.20. The van der Waals surface area contributed by atoms with Gasteiger partial charge in [0.2, 0.25) is 0 Å². The molecular formula is C14H18N4O4. The molecule has 2 heterocycles. The van der Waals surface area contributed by atoms with Crippen LogP contribution in [0.15, 0.2) is 30.9 Å². The van der Waals surface area contributed by atoms with E-state index in [0.717, 1.165) is 24.2 Å². The Morgan fingerprint density at radius 1 is 1.23 bits per heavy atom. The first-order valence-electron chi connectivity index (χ1n) is 6.90. The van der Waals surface area contributed by atoms with Gasteiger partial charge in [-0.2, -0.15) is 0 Å². The first-order valence-corrected chi connectivity index (χ1v) is 6.90. The summed E-state index contributed by atoms with van der Waals surface area (Å²) >= 11 is 0. The Morgan fingerprint density at radius 2 is 1.82 bits per heavy atom. The number of carboxylic acids is 2. The number of hydrogen-bond acceptors (Lipinski definition) is 6. The van der Waals surface area contributed by atoms with Crippen molar-refractivity contribution < 1.29 is 19.8 Å². The molecule has 1 aromatic rings. The predicted octanol–water partition coefficient (Wildman–Crippen LogP) is 0.114. The van der Waals surface area contributed by atoms with E-state index in [0.29, 0.717) is 18.2 Å². The summed E-state index contributed by atoms with van der Waals surface area (Å²) in [5.41, 5.74) is 6.89. The predicted molar refractivity (Wildman–Crippen MR) is 78.3 cm³/mol. The Hall–Kier alpha value is -2.48. The van der Waals surface area contributed by atoms with Gasteiger partial charge in [0, 0.05) is 30.8 Å². The van der Waals surface area contributed by atoms with Crippen molar-refractivity contribution in [3.63, 3.8) is 0 Å². The van der Waals surface area contributed by atoms with E-state index in [9.17, 15) is 9.59 Å². The third-order valence-corrected chi connectivity index (χ3v) is 3.70. The zero-order valence-corrected chi connectivity index (χ0v) is 11.9. The second kappa shape index (κ2) is 6.99. The van der Waals surface area contributed by atoms with Crippen LogP contribution in [0.1, 0.15) is 12.8 Å². The smallest absolute Gasteiger partial charge is 0.328 e. The molecule has 2 aliphatic rings. The summed E-state index contributed by atoms with van der Waals surface area (Å²) in [5.74, 6) is -1.64. The number of aliphatic carboxylic acids is 2. The molecule has 0 radical (unpaired) electrons. The Kier molecular flexibility index (Phi) is 5.05. The maximum Gasteiger partial charge on any atom is 0.328 e. The molecule has 0 bridgehead atoms. The van der Waals surface area contributed by atoms with E-state index in [-0.39, 0.29) is 0 Å². The molecule has 3 atom stereocenters. The van der Waals surface area contributed by atoms with Crippen molar-refractivity contribution in [3.8, 4) is 0 Å². The number of carboxylic acid groups (broad SMARTS) is 2. The highest BCUT2D eigenvalue weighted by molar-refractivity contribution is 5.89. The highest BCUT2D eigenvalue weighted by Crippen LogP contribution is 2.49. The van der Waals surface area contributed by atoms with Crippen LogP contribution in [0.3, 0.4) is 0 Å². The topological polar surface area (TPSA) is 130 Å². The fourth-order valence-electron chi connectivity index (χ4n) is 2.74. The lowest BCUT2D eigenvalue weighted by Crippen LogP contribution is -2.38. The second-order valence-electron chi connectivity index (χ2n) is 5.20. The lowest BCUT2D eigenvalue weighted by molar-refractivity contribution is -0.134. The van der Waals surface area contributed by atoms with Gasteiger partial charge in [0.25, 0.3) is 0 Å². The van der Waals surface area contributed by atoms with E-state index in [4.69, 9.17) is 15.9 Å². The summed E-state index contributed by atoms with van der Waals surface area (Å²) in [6.45, 7) is 0.738. The van der Waals surface area contributed by atoms with Crippen LogP contribution in [0.25, 0.3) is 0 Å². The van der Waals surface area contributed by atoms with Crippen molar-refractivity contribution in [1.82, 2.24) is 9.97 Å². The first kappa shape index (κ1) is 15.9. The summed E-state index contributed by atoms with van der Waals surface area (Å²) in [5, 5.41) is 15.6. The van der Waals surface area contributed by atoms with Gasteiger partial charge in [-0.15, -0.1) is 0 Å². The number of fused-ring (bicyclic) bond motifs is 1. The minimum Gasteiger partial charge on any atom is -0.478 e. The zero-order chi connectivity index (χ0) is 16.1. The van der Waals surface area contributed by atoms with Crippen LogP contribution >= 0.6 is 0 Å². The van der Waals surface area contributed by atoms with E-state index in [1.807, 2.05) is 12.4 Å². The molecule has 1 aromatic heterocycles. The van der Waals surface area contributed by atoms with E-state index in [1.165, 1.54) is 12.8 Å². The molecule has 22 heavy (non-hydrogen) atoms. The summed E-state index contributed by atoms with van der Waals surface area (Å²) < 4.78 is 0. The monoisotopic (exact) mass is 306 g/mol. The molecular weight excluding hydrogens is 288 g/mol. The summed E-state index contributed by atoms with van der Waals surface area (Å²) in [4.78, 5) is 29.6. The summed E-state index contributed by atoms with van der Waals surface area (Å²) in [6, 6.07) is 1.22. The van der Waals surface area contributed by atoms with Gasteiger partial charge in [-0.1, -0.05) is 0 Å². The van der Waals surface area contributed by atoms with E-state index in [1.54, 1.807) is 6.33 Å². The van der Waals surface area contributed by atoms with Crippen molar-refractivity contribution in [2.24, 2.45) is 11.7 Å². The lowest BCUT2D eigenvalue weighted by atomic mass is 10.1. The largest absolute Gasteiger partial charge is 0.478 e. The highest BCUT2D eigenvalue weighted by atomic mass is 16.4. The molecule has 1 saturated carbocycles. The molecule has 8 nitrogen and oxygen atoms in total. The number of rotatable bonds is 4. The standard InChI is InChI=1S/C10H14N4.C4H4O4/c11-3-8-1-7-2-10(7)14(8)9-4-12-6-13-5-9;5-3(6)1-2-4(7)8/h4-8,10H,1-3,11H2;1-2H,(H,5,6)(H,7,8)/b;2-1+. The van der Waals surface area contributed by atoms with Crippen LogP contribution < -0.4 is 10.6 Å². The van der Waals surface area contributed by atoms with Crippen LogP contribution in [-0.2, 0) is 9.59 Å². The zero-order valence-electron chi connectivity index (χ0n) is 11.9. The summed E-state index contributed by atoms with van der Waals surface area (Å²) in [7, 11) is 0. The molecule has 4 N–H and O–H groups in total. The van der Waals surface area contributed by atoms with Gasteiger partial charge in [-0.3, -0.25) is 0 Å². The third kappa shape index (κ3) is 4.01. The normalized spacial score (nSPS) is 25.3. The van der Waals surface area contributed by atoms with Gasteiger partial charge in [0.15, 0.2) is 0 Å². The van der Waals surface area contributed by atoms with Crippen LogP contribution in [0.5, 0.6) is 0 Å². The fraction of sp³-hybridized carbons (Fsp3) is 0.429. The number of hydrogen-bond donors (Lipinski definition) is 3. The van der Waals surface area contributed by atoms with Crippen molar-refractivity contribution in [3.05, 3.63) is 30.9 Å². The van der Waals surface area contributed by atoms with E-state index < -0.39 is 11.9 Å². The molecule has 1 aliphatic carbocycles. The van der Waals surface area contributed by atoms with Gasteiger partial charge in [0.1, 0.15) is 6.33 Å². The molecule has 2 fully saturated rings. The number of anilines is 1. The lowest BCUT2D eigenvalue weighted by Gasteiger charge is -2.27. The molecule has 1 aliphatic heterocycles. The minimum absolute atomic E-state index is 0.504. The van der Waals surface area contributed by atoms with Gasteiger partial charge < -0.3 is 20.8 Å². The Morgan fingerprint density at radius 3 is 2.32 bits per heavy atom. The van der Waals surface area contributed by atoms with Crippen LogP contribution in [0.2, 0.25) is 0 Å². The SMILES string of the molecule is NCC1CC2CC2N1c1cncnc1.O=C(O)/C=C/C(=O)O. The average molecular weight is 306 g/mol. The molecule has 3 unspecified atom stereocenters. The van der Waals surface area contributed by atoms with Crippen molar-refractivity contribution in [2.75, 3.05) is 11.4 Å². The van der Waals surface area contributed by atoms with Crippen molar-refractivity contribution >= 4 is 17.6 Å². The maximum atomic E-state index is 9.55. The minimum atomic E-state index is -1.26. The van der Waals surface area contributed by atoms with Crippen LogP contribution in [-0.4, -0.2) is 50.7 Å². The van der Waals surface area contributed by atoms with Gasteiger partial charge in [-0.05, 0) is 18.8 Å². The number of piperidine rings is 1.